The lowest BCUT2D eigenvalue weighted by atomic mass is 10.2. The van der Waals surface area contributed by atoms with Crippen molar-refractivity contribution in [2.24, 2.45) is 0 Å². The highest BCUT2D eigenvalue weighted by Gasteiger charge is 2.03. The van der Waals surface area contributed by atoms with E-state index < -0.39 is 0 Å². The van der Waals surface area contributed by atoms with Crippen molar-refractivity contribution >= 4 is 11.6 Å². The number of rotatable bonds is 4. The summed E-state index contributed by atoms with van der Waals surface area (Å²) in [6.45, 7) is 0. The highest BCUT2D eigenvalue weighted by Crippen LogP contribution is 2.07. The van der Waals surface area contributed by atoms with Crippen LogP contribution in [0.3, 0.4) is 0 Å². The van der Waals surface area contributed by atoms with Gasteiger partial charge in [-0.05, 0) is 24.3 Å². The highest BCUT2D eigenvalue weighted by atomic mass is 16.3. The van der Waals surface area contributed by atoms with Crippen molar-refractivity contribution in [3.63, 3.8) is 0 Å². The predicted octanol–water partition coefficient (Wildman–Crippen LogP) is 2.25. The minimum absolute atomic E-state index is 0.0254. The molecule has 2 aromatic rings. The second-order valence-electron chi connectivity index (χ2n) is 3.36. The first kappa shape index (κ1) is 10.4. The molecule has 0 atom stereocenters. The summed E-state index contributed by atoms with van der Waals surface area (Å²) < 4.78 is 5.14. The standard InChI is InChI=1S/C12H12N2O2/c15-12(4-3-11-2-1-9-16-11)14-10-5-7-13-8-6-10/h1-2,5-9H,3-4H2,(H,13,14,15). The Morgan fingerprint density at radius 3 is 2.81 bits per heavy atom. The molecular weight excluding hydrogens is 204 g/mol. The zero-order valence-electron chi connectivity index (χ0n) is 8.72. The van der Waals surface area contributed by atoms with E-state index in [2.05, 4.69) is 10.3 Å². The van der Waals surface area contributed by atoms with Gasteiger partial charge in [0.25, 0.3) is 0 Å². The van der Waals surface area contributed by atoms with Crippen LogP contribution in [0.15, 0.2) is 47.3 Å². The molecule has 0 spiro atoms. The van der Waals surface area contributed by atoms with Crippen LogP contribution in [0, 0.1) is 0 Å². The molecule has 1 amide bonds. The fraction of sp³-hybridized carbons (Fsp3) is 0.167. The van der Waals surface area contributed by atoms with E-state index >= 15 is 0 Å². The normalized spacial score (nSPS) is 10.0. The van der Waals surface area contributed by atoms with Gasteiger partial charge in [0, 0.05) is 30.9 Å². The topological polar surface area (TPSA) is 55.1 Å². The van der Waals surface area contributed by atoms with Gasteiger partial charge in [0.1, 0.15) is 5.76 Å². The van der Waals surface area contributed by atoms with E-state index in [0.717, 1.165) is 11.4 Å². The van der Waals surface area contributed by atoms with Crippen molar-refractivity contribution in [2.75, 3.05) is 5.32 Å². The van der Waals surface area contributed by atoms with Gasteiger partial charge < -0.3 is 9.73 Å². The average molecular weight is 216 g/mol. The Morgan fingerprint density at radius 2 is 2.12 bits per heavy atom. The summed E-state index contributed by atoms with van der Waals surface area (Å²) in [5.74, 6) is 0.799. The Labute approximate surface area is 93.3 Å². The highest BCUT2D eigenvalue weighted by molar-refractivity contribution is 5.90. The molecule has 0 bridgehead atoms. The van der Waals surface area contributed by atoms with Gasteiger partial charge in [-0.3, -0.25) is 9.78 Å². The van der Waals surface area contributed by atoms with Crippen molar-refractivity contribution < 1.29 is 9.21 Å². The number of nitrogens with zero attached hydrogens (tertiary/aromatic N) is 1. The van der Waals surface area contributed by atoms with Gasteiger partial charge in [-0.2, -0.15) is 0 Å². The predicted molar refractivity (Wildman–Crippen MR) is 59.9 cm³/mol. The molecule has 0 unspecified atom stereocenters. The summed E-state index contributed by atoms with van der Waals surface area (Å²) in [7, 11) is 0. The summed E-state index contributed by atoms with van der Waals surface area (Å²) >= 11 is 0. The SMILES string of the molecule is O=C(CCc1ccco1)Nc1ccncc1. The first-order valence-electron chi connectivity index (χ1n) is 5.07. The molecule has 0 saturated carbocycles. The maximum Gasteiger partial charge on any atom is 0.224 e. The van der Waals surface area contributed by atoms with Crippen LogP contribution in [-0.4, -0.2) is 10.9 Å². The third kappa shape index (κ3) is 2.95. The Bertz CT molecular complexity index is 437. The number of amides is 1. The molecule has 0 aliphatic heterocycles. The number of hydrogen-bond acceptors (Lipinski definition) is 3. The summed E-state index contributed by atoms with van der Waals surface area (Å²) in [6.07, 6.45) is 5.92. The maximum absolute atomic E-state index is 11.5. The largest absolute Gasteiger partial charge is 0.469 e. The van der Waals surface area contributed by atoms with Crippen molar-refractivity contribution in [1.82, 2.24) is 4.98 Å². The summed E-state index contributed by atoms with van der Waals surface area (Å²) in [5.41, 5.74) is 0.763. The molecule has 0 aromatic carbocycles. The van der Waals surface area contributed by atoms with Gasteiger partial charge in [-0.1, -0.05) is 0 Å². The number of pyridine rings is 1. The molecule has 0 saturated heterocycles. The lowest BCUT2D eigenvalue weighted by Gasteiger charge is -2.03. The van der Waals surface area contributed by atoms with E-state index in [1.54, 1.807) is 30.8 Å². The van der Waals surface area contributed by atoms with Crippen molar-refractivity contribution in [1.29, 1.82) is 0 Å². The van der Waals surface area contributed by atoms with Crippen LogP contribution in [0.1, 0.15) is 12.2 Å². The van der Waals surface area contributed by atoms with E-state index in [0.29, 0.717) is 12.8 Å². The van der Waals surface area contributed by atoms with E-state index in [9.17, 15) is 4.79 Å². The first-order valence-corrected chi connectivity index (χ1v) is 5.07. The molecule has 1 N–H and O–H groups in total. The number of aromatic nitrogens is 1. The molecule has 4 nitrogen and oxygen atoms in total. The molecule has 0 radical (unpaired) electrons. The molecule has 16 heavy (non-hydrogen) atoms. The molecule has 0 fully saturated rings. The molecule has 0 aliphatic rings. The average Bonchev–Trinajstić information content (AvgIpc) is 2.81. The van der Waals surface area contributed by atoms with Gasteiger partial charge in [-0.15, -0.1) is 0 Å². The Kier molecular flexibility index (Phi) is 3.33. The smallest absolute Gasteiger partial charge is 0.224 e. The van der Waals surface area contributed by atoms with Gasteiger partial charge in [0.2, 0.25) is 5.91 Å². The van der Waals surface area contributed by atoms with Gasteiger partial charge >= 0.3 is 0 Å². The molecular formula is C12H12N2O2. The number of anilines is 1. The third-order valence-corrected chi connectivity index (χ3v) is 2.14. The Hall–Kier alpha value is -2.10. The zero-order valence-corrected chi connectivity index (χ0v) is 8.72. The van der Waals surface area contributed by atoms with Gasteiger partial charge in [0.05, 0.1) is 6.26 Å². The lowest BCUT2D eigenvalue weighted by Crippen LogP contribution is -2.12. The first-order chi connectivity index (χ1) is 7.84. The monoisotopic (exact) mass is 216 g/mol. The Morgan fingerprint density at radius 1 is 1.31 bits per heavy atom. The van der Waals surface area contributed by atoms with Crippen molar-refractivity contribution in [3.8, 4) is 0 Å². The number of nitrogens with one attached hydrogen (secondary N) is 1. The van der Waals surface area contributed by atoms with E-state index in [1.807, 2.05) is 12.1 Å². The summed E-state index contributed by atoms with van der Waals surface area (Å²) in [4.78, 5) is 15.4. The van der Waals surface area contributed by atoms with Crippen molar-refractivity contribution in [3.05, 3.63) is 48.7 Å². The van der Waals surface area contributed by atoms with Gasteiger partial charge in [-0.25, -0.2) is 0 Å². The number of carbonyl (C=O) groups is 1. The second kappa shape index (κ2) is 5.11. The molecule has 2 rings (SSSR count). The lowest BCUT2D eigenvalue weighted by molar-refractivity contribution is -0.116. The maximum atomic E-state index is 11.5. The molecule has 2 heterocycles. The third-order valence-electron chi connectivity index (χ3n) is 2.14. The molecule has 4 heteroatoms. The number of hydrogen-bond donors (Lipinski definition) is 1. The van der Waals surface area contributed by atoms with E-state index in [4.69, 9.17) is 4.42 Å². The minimum atomic E-state index is -0.0254. The van der Waals surface area contributed by atoms with Gasteiger partial charge in [0.15, 0.2) is 0 Å². The fourth-order valence-corrected chi connectivity index (χ4v) is 1.35. The quantitative estimate of drug-likeness (QED) is 0.852. The summed E-state index contributed by atoms with van der Waals surface area (Å²) in [6, 6.07) is 7.19. The van der Waals surface area contributed by atoms with Crippen LogP contribution in [0.5, 0.6) is 0 Å². The number of aryl methyl sites for hydroxylation is 1. The van der Waals surface area contributed by atoms with Crippen molar-refractivity contribution in [2.45, 2.75) is 12.8 Å². The van der Waals surface area contributed by atoms with E-state index in [-0.39, 0.29) is 5.91 Å². The van der Waals surface area contributed by atoms with E-state index in [1.165, 1.54) is 0 Å². The summed E-state index contributed by atoms with van der Waals surface area (Å²) in [5, 5.41) is 2.78. The molecule has 2 aromatic heterocycles. The minimum Gasteiger partial charge on any atom is -0.469 e. The second-order valence-corrected chi connectivity index (χ2v) is 3.36. The van der Waals surface area contributed by atoms with Crippen LogP contribution in [0.4, 0.5) is 5.69 Å². The number of furan rings is 1. The Balaban J connectivity index is 1.81. The fourth-order valence-electron chi connectivity index (χ4n) is 1.35. The molecule has 0 aliphatic carbocycles. The van der Waals surface area contributed by atoms with Crippen LogP contribution in [-0.2, 0) is 11.2 Å². The number of carbonyl (C=O) groups excluding carboxylic acids is 1. The zero-order chi connectivity index (χ0) is 11.2. The molecule has 82 valence electrons. The van der Waals surface area contributed by atoms with Crippen LogP contribution < -0.4 is 5.32 Å². The van der Waals surface area contributed by atoms with Crippen LogP contribution >= 0.6 is 0 Å². The van der Waals surface area contributed by atoms with Crippen LogP contribution in [0.2, 0.25) is 0 Å². The van der Waals surface area contributed by atoms with Crippen LogP contribution in [0.25, 0.3) is 0 Å².